The Bertz CT molecular complexity index is 914. The smallest absolute Gasteiger partial charge is 0.264 e. The molecule has 3 rings (SSSR count). The number of hydrogen-bond acceptors (Lipinski definition) is 7. The van der Waals surface area contributed by atoms with Gasteiger partial charge >= 0.3 is 0 Å². The van der Waals surface area contributed by atoms with E-state index in [0.717, 1.165) is 0 Å². The molecule has 0 atom stereocenters. The molecule has 0 bridgehead atoms. The zero-order valence-corrected chi connectivity index (χ0v) is 15.8. The summed E-state index contributed by atoms with van der Waals surface area (Å²) in [4.78, 5) is 17.0. The number of carbonyl (C=O) groups excluding carboxylic acids is 1. The van der Waals surface area contributed by atoms with E-state index in [2.05, 4.69) is 10.3 Å². The van der Waals surface area contributed by atoms with Crippen molar-refractivity contribution in [2.24, 2.45) is 4.99 Å². The molecule has 8 heteroatoms. The van der Waals surface area contributed by atoms with Crippen LogP contribution in [0.2, 0.25) is 0 Å². The van der Waals surface area contributed by atoms with E-state index in [1.165, 1.54) is 39.2 Å². The van der Waals surface area contributed by atoms with Crippen LogP contribution in [0.4, 0.5) is 5.69 Å². The molecule has 2 aromatic carbocycles. The van der Waals surface area contributed by atoms with Crippen LogP contribution < -0.4 is 19.5 Å². The summed E-state index contributed by atoms with van der Waals surface area (Å²) in [5, 5.41) is 12.9. The van der Waals surface area contributed by atoms with Crippen molar-refractivity contribution >= 4 is 34.6 Å². The highest BCUT2D eigenvalue weighted by atomic mass is 32.2. The fourth-order valence-electron chi connectivity index (χ4n) is 2.48. The van der Waals surface area contributed by atoms with Crippen molar-refractivity contribution < 1.29 is 24.1 Å². The normalized spacial score (nSPS) is 16.5. The van der Waals surface area contributed by atoms with E-state index in [-0.39, 0.29) is 11.7 Å². The van der Waals surface area contributed by atoms with E-state index in [1.807, 2.05) is 0 Å². The van der Waals surface area contributed by atoms with Gasteiger partial charge in [0, 0.05) is 0 Å². The Hall–Kier alpha value is -3.13. The largest absolute Gasteiger partial charge is 0.506 e. The maximum absolute atomic E-state index is 12.3. The molecule has 1 aliphatic heterocycles. The number of aromatic hydroxyl groups is 1. The van der Waals surface area contributed by atoms with Gasteiger partial charge in [-0.2, -0.15) is 0 Å². The summed E-state index contributed by atoms with van der Waals surface area (Å²) >= 11 is 1.18. The number of nitrogens with zero attached hydrogens (tertiary/aromatic N) is 1. The van der Waals surface area contributed by atoms with Crippen molar-refractivity contribution in [2.45, 2.75) is 0 Å². The third-order valence-corrected chi connectivity index (χ3v) is 4.65. The number of ether oxygens (including phenoxy) is 3. The number of hydrogen-bond donors (Lipinski definition) is 2. The Morgan fingerprint density at radius 1 is 1.07 bits per heavy atom. The van der Waals surface area contributed by atoms with Crippen LogP contribution in [0.25, 0.3) is 6.08 Å². The molecule has 140 valence electrons. The van der Waals surface area contributed by atoms with Crippen LogP contribution >= 0.6 is 11.8 Å². The second kappa shape index (κ2) is 8.05. The van der Waals surface area contributed by atoms with Gasteiger partial charge in [0.1, 0.15) is 11.4 Å². The Labute approximate surface area is 160 Å². The van der Waals surface area contributed by atoms with E-state index in [9.17, 15) is 9.90 Å². The quantitative estimate of drug-likeness (QED) is 0.767. The van der Waals surface area contributed by atoms with Crippen LogP contribution in [0, 0.1) is 0 Å². The molecular formula is C19H18N2O5S. The number of phenols is 1. The summed E-state index contributed by atoms with van der Waals surface area (Å²) in [5.74, 6) is 1.24. The second-order valence-electron chi connectivity index (χ2n) is 5.43. The molecule has 0 aliphatic carbocycles. The van der Waals surface area contributed by atoms with Crippen LogP contribution in [0.15, 0.2) is 46.3 Å². The van der Waals surface area contributed by atoms with Crippen LogP contribution in [0.3, 0.4) is 0 Å². The first-order valence-electron chi connectivity index (χ1n) is 7.93. The summed E-state index contributed by atoms with van der Waals surface area (Å²) in [5.41, 5.74) is 1.10. The molecule has 0 radical (unpaired) electrons. The summed E-state index contributed by atoms with van der Waals surface area (Å²) in [7, 11) is 4.59. The number of thioether (sulfide) groups is 1. The van der Waals surface area contributed by atoms with E-state index < -0.39 is 0 Å². The lowest BCUT2D eigenvalue weighted by atomic mass is 10.1. The Kier molecular flexibility index (Phi) is 5.56. The number of rotatable bonds is 5. The number of amidine groups is 1. The predicted octanol–water partition coefficient (Wildman–Crippen LogP) is 3.31. The molecule has 7 nitrogen and oxygen atoms in total. The lowest BCUT2D eigenvalue weighted by Crippen LogP contribution is -2.19. The number of para-hydroxylation sites is 2. The molecule has 27 heavy (non-hydrogen) atoms. The fourth-order valence-corrected chi connectivity index (χ4v) is 3.32. The zero-order valence-electron chi connectivity index (χ0n) is 15.0. The first-order valence-corrected chi connectivity index (χ1v) is 8.75. The number of nitrogens with one attached hydrogen (secondary N) is 1. The van der Waals surface area contributed by atoms with Gasteiger partial charge in [-0.05, 0) is 47.7 Å². The minimum atomic E-state index is -0.275. The van der Waals surface area contributed by atoms with Gasteiger partial charge in [0.2, 0.25) is 5.75 Å². The Morgan fingerprint density at radius 2 is 1.74 bits per heavy atom. The minimum absolute atomic E-state index is 0.0434. The van der Waals surface area contributed by atoms with Gasteiger partial charge in [-0.3, -0.25) is 4.79 Å². The molecule has 2 N–H and O–H groups in total. The van der Waals surface area contributed by atoms with Crippen molar-refractivity contribution in [2.75, 3.05) is 21.3 Å². The fraction of sp³-hybridized carbons (Fsp3) is 0.158. The Morgan fingerprint density at radius 3 is 2.33 bits per heavy atom. The van der Waals surface area contributed by atoms with E-state index in [1.54, 1.807) is 36.4 Å². The molecule has 0 spiro atoms. The molecule has 0 aromatic heterocycles. The molecule has 2 aromatic rings. The average molecular weight is 386 g/mol. The van der Waals surface area contributed by atoms with Crippen molar-refractivity contribution in [3.05, 3.63) is 46.9 Å². The SMILES string of the molecule is COc1cc(/C=C2\SC(=Nc3ccccc3O)NC2=O)cc(OC)c1OC. The van der Waals surface area contributed by atoms with Gasteiger partial charge in [-0.25, -0.2) is 4.99 Å². The highest BCUT2D eigenvalue weighted by Gasteiger charge is 2.24. The van der Waals surface area contributed by atoms with Crippen molar-refractivity contribution in [3.63, 3.8) is 0 Å². The monoisotopic (exact) mass is 386 g/mol. The summed E-state index contributed by atoms with van der Waals surface area (Å²) in [6.45, 7) is 0. The van der Waals surface area contributed by atoms with E-state index >= 15 is 0 Å². The average Bonchev–Trinajstić information content (AvgIpc) is 3.01. The van der Waals surface area contributed by atoms with Gasteiger partial charge in [0.25, 0.3) is 5.91 Å². The van der Waals surface area contributed by atoms with Gasteiger partial charge in [0.15, 0.2) is 16.7 Å². The number of phenolic OH excluding ortho intramolecular Hbond substituents is 1. The number of aliphatic imine (C=N–C) groups is 1. The maximum Gasteiger partial charge on any atom is 0.264 e. The molecule has 1 amide bonds. The standard InChI is InChI=1S/C19H18N2O5S/c1-24-14-8-11(9-15(25-2)17(14)26-3)10-16-18(23)21-19(27-16)20-12-6-4-5-7-13(12)22/h4-10,22H,1-3H3,(H,20,21,23)/b16-10-. The number of benzene rings is 2. The molecule has 1 heterocycles. The van der Waals surface area contributed by atoms with Crippen LogP contribution in [-0.4, -0.2) is 37.5 Å². The molecule has 1 fully saturated rings. The van der Waals surface area contributed by atoms with Crippen LogP contribution in [-0.2, 0) is 4.79 Å². The van der Waals surface area contributed by atoms with Crippen LogP contribution in [0.5, 0.6) is 23.0 Å². The summed E-state index contributed by atoms with van der Waals surface area (Å²) < 4.78 is 16.0. The molecule has 0 saturated carbocycles. The highest BCUT2D eigenvalue weighted by Crippen LogP contribution is 2.39. The topological polar surface area (TPSA) is 89.4 Å². The van der Waals surface area contributed by atoms with Crippen molar-refractivity contribution in [1.29, 1.82) is 0 Å². The van der Waals surface area contributed by atoms with Gasteiger partial charge in [0.05, 0.1) is 26.2 Å². The second-order valence-corrected chi connectivity index (χ2v) is 6.46. The lowest BCUT2D eigenvalue weighted by Gasteiger charge is -2.12. The van der Waals surface area contributed by atoms with Gasteiger partial charge in [-0.1, -0.05) is 12.1 Å². The van der Waals surface area contributed by atoms with Gasteiger partial charge < -0.3 is 24.6 Å². The summed E-state index contributed by atoms with van der Waals surface area (Å²) in [6.07, 6.45) is 1.71. The van der Waals surface area contributed by atoms with Gasteiger partial charge in [-0.15, -0.1) is 0 Å². The molecule has 0 unspecified atom stereocenters. The number of methoxy groups -OCH3 is 3. The molecular weight excluding hydrogens is 368 g/mol. The first kappa shape index (κ1) is 18.7. The molecule has 1 saturated heterocycles. The van der Waals surface area contributed by atoms with Crippen molar-refractivity contribution in [1.82, 2.24) is 5.32 Å². The zero-order chi connectivity index (χ0) is 19.4. The predicted molar refractivity (Wildman–Crippen MR) is 105 cm³/mol. The summed E-state index contributed by atoms with van der Waals surface area (Å²) in [6, 6.07) is 10.2. The number of amides is 1. The van der Waals surface area contributed by atoms with E-state index in [0.29, 0.717) is 38.6 Å². The minimum Gasteiger partial charge on any atom is -0.506 e. The third kappa shape index (κ3) is 4.01. The van der Waals surface area contributed by atoms with Crippen molar-refractivity contribution in [3.8, 4) is 23.0 Å². The lowest BCUT2D eigenvalue weighted by molar-refractivity contribution is -0.115. The van der Waals surface area contributed by atoms with Crippen LogP contribution in [0.1, 0.15) is 5.56 Å². The first-order chi connectivity index (χ1) is 13.0. The third-order valence-electron chi connectivity index (χ3n) is 3.74. The number of carbonyl (C=O) groups is 1. The Balaban J connectivity index is 1.92. The highest BCUT2D eigenvalue weighted by molar-refractivity contribution is 8.18. The molecule has 1 aliphatic rings. The maximum atomic E-state index is 12.3. The van der Waals surface area contributed by atoms with E-state index in [4.69, 9.17) is 14.2 Å².